The van der Waals surface area contributed by atoms with Gasteiger partial charge in [-0.05, 0) is 31.0 Å². The Morgan fingerprint density at radius 2 is 2.00 bits per heavy atom. The zero-order chi connectivity index (χ0) is 9.90. The Balaban J connectivity index is 2.75. The molecule has 1 nitrogen and oxygen atoms in total. The van der Waals surface area contributed by atoms with Gasteiger partial charge in [-0.3, -0.25) is 0 Å². The quantitative estimate of drug-likeness (QED) is 0.591. The summed E-state index contributed by atoms with van der Waals surface area (Å²) in [5.74, 6) is -0.258. The minimum absolute atomic E-state index is 0.258. The normalized spacial score (nSPS) is 15.0. The van der Waals surface area contributed by atoms with Crippen molar-refractivity contribution >= 4 is 22.2 Å². The molecule has 0 aromatic heterocycles. The molecule has 13 heavy (non-hydrogen) atoms. The first kappa shape index (κ1) is 10.4. The van der Waals surface area contributed by atoms with Gasteiger partial charge in [0.2, 0.25) is 0 Å². The average molecular weight is 245 g/mol. The fourth-order valence-corrected chi connectivity index (χ4v) is 1.37. The van der Waals surface area contributed by atoms with E-state index in [0.29, 0.717) is 6.42 Å². The molecule has 0 fully saturated rings. The summed E-state index contributed by atoms with van der Waals surface area (Å²) in [4.78, 5) is 10.6. The summed E-state index contributed by atoms with van der Waals surface area (Å²) in [5, 5.41) is 0. The van der Waals surface area contributed by atoms with Gasteiger partial charge in [-0.15, -0.1) is 0 Å². The maximum Gasteiger partial charge on any atom is 0.136 e. The van der Waals surface area contributed by atoms with Crippen LogP contribution in [-0.4, -0.2) is 10.6 Å². The van der Waals surface area contributed by atoms with Gasteiger partial charge in [0.25, 0.3) is 0 Å². The van der Waals surface area contributed by atoms with Crippen molar-refractivity contribution in [3.05, 3.63) is 35.6 Å². The third kappa shape index (κ3) is 3.27. The van der Waals surface area contributed by atoms with Crippen LogP contribution in [0.15, 0.2) is 24.3 Å². The Labute approximate surface area is 85.1 Å². The Bertz CT molecular complexity index is 292. The molecular weight excluding hydrogens is 235 g/mol. The molecule has 0 spiro atoms. The van der Waals surface area contributed by atoms with Crippen molar-refractivity contribution in [3.8, 4) is 0 Å². The molecule has 0 aliphatic rings. The third-order valence-electron chi connectivity index (χ3n) is 1.71. The maximum atomic E-state index is 12.5. The largest absolute Gasteiger partial charge is 0.302 e. The molecule has 0 amide bonds. The second kappa shape index (κ2) is 4.01. The van der Waals surface area contributed by atoms with Crippen LogP contribution in [0.1, 0.15) is 12.5 Å². The number of benzene rings is 1. The molecule has 0 saturated heterocycles. The summed E-state index contributed by atoms with van der Waals surface area (Å²) in [5.41, 5.74) is 0.938. The van der Waals surface area contributed by atoms with Gasteiger partial charge >= 0.3 is 0 Å². The number of hydrogen-bond acceptors (Lipinski definition) is 1. The number of halogens is 2. The lowest BCUT2D eigenvalue weighted by molar-refractivity contribution is -0.109. The monoisotopic (exact) mass is 244 g/mol. The van der Waals surface area contributed by atoms with Gasteiger partial charge in [-0.1, -0.05) is 28.1 Å². The van der Waals surface area contributed by atoms with E-state index in [4.69, 9.17) is 0 Å². The minimum Gasteiger partial charge on any atom is -0.302 e. The number of alkyl halides is 1. The molecule has 0 heterocycles. The van der Waals surface area contributed by atoms with Crippen LogP contribution in [-0.2, 0) is 11.2 Å². The number of aldehydes is 1. The van der Waals surface area contributed by atoms with Crippen molar-refractivity contribution in [1.82, 2.24) is 0 Å². The van der Waals surface area contributed by atoms with Crippen molar-refractivity contribution in [2.45, 2.75) is 17.7 Å². The minimum atomic E-state index is -0.551. The van der Waals surface area contributed by atoms with Gasteiger partial charge in [0, 0.05) is 0 Å². The van der Waals surface area contributed by atoms with Crippen LogP contribution < -0.4 is 0 Å². The van der Waals surface area contributed by atoms with E-state index in [0.717, 1.165) is 11.8 Å². The lowest BCUT2D eigenvalue weighted by atomic mass is 10.0. The van der Waals surface area contributed by atoms with Crippen molar-refractivity contribution in [2.24, 2.45) is 0 Å². The predicted octanol–water partition coefficient (Wildman–Crippen LogP) is 2.72. The van der Waals surface area contributed by atoms with Crippen molar-refractivity contribution < 1.29 is 9.18 Å². The van der Waals surface area contributed by atoms with Crippen LogP contribution >= 0.6 is 15.9 Å². The second-order valence-electron chi connectivity index (χ2n) is 3.20. The van der Waals surface area contributed by atoms with Crippen molar-refractivity contribution in [1.29, 1.82) is 0 Å². The lowest BCUT2D eigenvalue weighted by Crippen LogP contribution is -2.20. The van der Waals surface area contributed by atoms with E-state index in [1.54, 1.807) is 19.1 Å². The first-order chi connectivity index (χ1) is 6.03. The number of carbonyl (C=O) groups is 1. The molecule has 70 valence electrons. The average Bonchev–Trinajstić information content (AvgIpc) is 2.09. The fraction of sp³-hybridized carbons (Fsp3) is 0.300. The molecule has 1 rings (SSSR count). The molecule has 1 atom stereocenters. The van der Waals surface area contributed by atoms with E-state index in [9.17, 15) is 9.18 Å². The number of rotatable bonds is 3. The molecule has 0 bridgehead atoms. The second-order valence-corrected chi connectivity index (χ2v) is 5.01. The fourth-order valence-electron chi connectivity index (χ4n) is 1.04. The van der Waals surface area contributed by atoms with Gasteiger partial charge in [0.15, 0.2) is 0 Å². The van der Waals surface area contributed by atoms with E-state index in [1.165, 1.54) is 12.1 Å². The molecule has 0 aliphatic heterocycles. The van der Waals surface area contributed by atoms with E-state index in [-0.39, 0.29) is 5.82 Å². The highest BCUT2D eigenvalue weighted by Gasteiger charge is 2.19. The molecule has 1 aromatic rings. The maximum absolute atomic E-state index is 12.5. The highest BCUT2D eigenvalue weighted by Crippen LogP contribution is 2.20. The molecule has 3 heteroatoms. The van der Waals surface area contributed by atoms with Gasteiger partial charge in [0.05, 0.1) is 4.32 Å². The summed E-state index contributed by atoms with van der Waals surface area (Å²) < 4.78 is 12.0. The summed E-state index contributed by atoms with van der Waals surface area (Å²) >= 11 is 3.27. The molecule has 0 radical (unpaired) electrons. The van der Waals surface area contributed by atoms with Gasteiger partial charge in [0.1, 0.15) is 12.1 Å². The van der Waals surface area contributed by atoms with Crippen LogP contribution in [0.4, 0.5) is 4.39 Å². The first-order valence-electron chi connectivity index (χ1n) is 3.93. The lowest BCUT2D eigenvalue weighted by Gasteiger charge is -2.13. The molecular formula is C10H10BrFO. The van der Waals surface area contributed by atoms with Crippen molar-refractivity contribution in [2.75, 3.05) is 0 Å². The van der Waals surface area contributed by atoms with Crippen LogP contribution in [0.3, 0.4) is 0 Å². The summed E-state index contributed by atoms with van der Waals surface area (Å²) in [6.07, 6.45) is 1.41. The zero-order valence-electron chi connectivity index (χ0n) is 7.26. The van der Waals surface area contributed by atoms with Gasteiger partial charge in [-0.25, -0.2) is 4.39 Å². The van der Waals surface area contributed by atoms with Crippen molar-refractivity contribution in [3.63, 3.8) is 0 Å². The van der Waals surface area contributed by atoms with E-state index in [1.807, 2.05) is 0 Å². The highest BCUT2D eigenvalue weighted by molar-refractivity contribution is 9.10. The Morgan fingerprint density at radius 3 is 2.46 bits per heavy atom. The van der Waals surface area contributed by atoms with E-state index >= 15 is 0 Å². The molecule has 1 aromatic carbocycles. The predicted molar refractivity (Wildman–Crippen MR) is 53.5 cm³/mol. The number of hydrogen-bond donors (Lipinski definition) is 0. The highest BCUT2D eigenvalue weighted by atomic mass is 79.9. The molecule has 0 N–H and O–H groups in total. The number of carbonyl (C=O) groups excluding carboxylic acids is 1. The van der Waals surface area contributed by atoms with Crippen LogP contribution in [0.5, 0.6) is 0 Å². The van der Waals surface area contributed by atoms with Crippen LogP contribution in [0.2, 0.25) is 0 Å². The Kier molecular flexibility index (Phi) is 3.20. The Morgan fingerprint density at radius 1 is 1.46 bits per heavy atom. The molecule has 0 aliphatic carbocycles. The summed E-state index contributed by atoms with van der Waals surface area (Å²) in [6.45, 7) is 1.78. The van der Waals surface area contributed by atoms with Gasteiger partial charge in [-0.2, -0.15) is 0 Å². The first-order valence-corrected chi connectivity index (χ1v) is 4.72. The van der Waals surface area contributed by atoms with Crippen LogP contribution in [0, 0.1) is 5.82 Å². The third-order valence-corrected chi connectivity index (χ3v) is 2.18. The molecule has 0 saturated carbocycles. The summed E-state index contributed by atoms with van der Waals surface area (Å²) in [6, 6.07) is 6.14. The SMILES string of the molecule is CC(Br)(C=O)Cc1ccc(F)cc1. The Hall–Kier alpha value is -0.700. The van der Waals surface area contributed by atoms with Gasteiger partial charge < -0.3 is 4.79 Å². The topological polar surface area (TPSA) is 17.1 Å². The van der Waals surface area contributed by atoms with Crippen LogP contribution in [0.25, 0.3) is 0 Å². The van der Waals surface area contributed by atoms with E-state index < -0.39 is 4.32 Å². The summed E-state index contributed by atoms with van der Waals surface area (Å²) in [7, 11) is 0. The zero-order valence-corrected chi connectivity index (χ0v) is 8.84. The standard InChI is InChI=1S/C10H10BrFO/c1-10(11,7-13)6-8-2-4-9(12)5-3-8/h2-5,7H,6H2,1H3. The molecule has 1 unspecified atom stereocenters. The smallest absolute Gasteiger partial charge is 0.136 e. The van der Waals surface area contributed by atoms with E-state index in [2.05, 4.69) is 15.9 Å².